The minimum Gasteiger partial charge on any atom is -0.398 e. The van der Waals surface area contributed by atoms with E-state index in [-0.39, 0.29) is 5.82 Å². The van der Waals surface area contributed by atoms with Crippen LogP contribution in [0.3, 0.4) is 0 Å². The first-order valence-corrected chi connectivity index (χ1v) is 9.26. The molecule has 150 valence electrons. The summed E-state index contributed by atoms with van der Waals surface area (Å²) in [4.78, 5) is 32.8. The summed E-state index contributed by atoms with van der Waals surface area (Å²) in [5.74, 6) is -1.57. The maximum atomic E-state index is 12.3. The number of carbonyl (C=O) groups excluding carboxylic acids is 2. The van der Waals surface area contributed by atoms with Gasteiger partial charge in [-0.05, 0) is 47.7 Å². The molecule has 3 heterocycles. The minimum atomic E-state index is -1.05. The number of rotatable bonds is 3. The summed E-state index contributed by atoms with van der Waals surface area (Å²) in [6.45, 7) is 2.58. The summed E-state index contributed by atoms with van der Waals surface area (Å²) in [7, 11) is 0. The van der Waals surface area contributed by atoms with Crippen molar-refractivity contribution in [3.05, 3.63) is 48.4 Å². The zero-order valence-corrected chi connectivity index (χ0v) is 16.2. The van der Waals surface area contributed by atoms with E-state index in [1.165, 1.54) is 0 Å². The molecule has 9 heteroatoms. The van der Waals surface area contributed by atoms with Crippen molar-refractivity contribution < 1.29 is 9.59 Å². The van der Waals surface area contributed by atoms with Crippen LogP contribution in [0.1, 0.15) is 5.56 Å². The van der Waals surface area contributed by atoms with Crippen molar-refractivity contribution in [3.8, 4) is 17.2 Å². The van der Waals surface area contributed by atoms with Gasteiger partial charge in [0.15, 0.2) is 5.54 Å². The van der Waals surface area contributed by atoms with E-state index in [0.29, 0.717) is 18.8 Å². The van der Waals surface area contributed by atoms with Gasteiger partial charge in [0.25, 0.3) is 0 Å². The highest BCUT2D eigenvalue weighted by Gasteiger charge is 2.40. The van der Waals surface area contributed by atoms with Gasteiger partial charge in [-0.15, -0.1) is 0 Å². The molecule has 1 aliphatic rings. The Labute approximate surface area is 172 Å². The molecule has 9 nitrogen and oxygen atoms in total. The fourth-order valence-corrected chi connectivity index (χ4v) is 3.29. The third-order valence-corrected chi connectivity index (χ3v) is 5.09. The van der Waals surface area contributed by atoms with Gasteiger partial charge < -0.3 is 21.7 Å². The van der Waals surface area contributed by atoms with E-state index < -0.39 is 17.4 Å². The molecule has 0 unspecified atom stereocenters. The van der Waals surface area contributed by atoms with Crippen LogP contribution in [0.4, 0.5) is 11.5 Å². The number of nitrogens with two attached hydrogens (primary N) is 1. The molecule has 0 spiro atoms. The Hall–Kier alpha value is -4.03. The first-order chi connectivity index (χ1) is 14.4. The molecule has 0 bridgehead atoms. The van der Waals surface area contributed by atoms with Gasteiger partial charge in [-0.25, -0.2) is 4.98 Å². The Morgan fingerprint density at radius 3 is 2.70 bits per heavy atom. The highest BCUT2D eigenvalue weighted by atomic mass is 16.2. The van der Waals surface area contributed by atoms with Gasteiger partial charge in [-0.1, -0.05) is 0 Å². The number of nitrogens with zero attached hydrogens (tertiary/aromatic N) is 3. The number of pyridine rings is 2. The lowest BCUT2D eigenvalue weighted by molar-refractivity contribution is -0.137. The molecule has 0 atom stereocenters. The predicted octanol–water partition coefficient (Wildman–Crippen LogP) is 1.11. The number of nitrogen functional groups attached to an aromatic ring is 1. The van der Waals surface area contributed by atoms with Crippen molar-refractivity contribution in [3.63, 3.8) is 0 Å². The van der Waals surface area contributed by atoms with Crippen molar-refractivity contribution in [1.82, 2.24) is 20.6 Å². The smallest absolute Gasteiger partial charge is 0.314 e. The van der Waals surface area contributed by atoms with Gasteiger partial charge in [0.2, 0.25) is 0 Å². The fourth-order valence-electron chi connectivity index (χ4n) is 3.29. The Balaban J connectivity index is 1.60. The van der Waals surface area contributed by atoms with Gasteiger partial charge in [0.1, 0.15) is 5.82 Å². The number of nitrogens with one attached hydrogen (secondary N) is 3. The summed E-state index contributed by atoms with van der Waals surface area (Å²) < 4.78 is 0. The zero-order chi connectivity index (χ0) is 21.3. The van der Waals surface area contributed by atoms with Crippen molar-refractivity contribution in [2.24, 2.45) is 0 Å². The van der Waals surface area contributed by atoms with E-state index in [0.717, 1.165) is 27.5 Å². The molecule has 30 heavy (non-hydrogen) atoms. The largest absolute Gasteiger partial charge is 0.398 e. The average molecular weight is 401 g/mol. The maximum Gasteiger partial charge on any atom is 0.314 e. The summed E-state index contributed by atoms with van der Waals surface area (Å²) in [6, 6.07) is 9.36. The van der Waals surface area contributed by atoms with Crippen molar-refractivity contribution in [1.29, 1.82) is 5.26 Å². The molecule has 0 saturated carbocycles. The van der Waals surface area contributed by atoms with Crippen LogP contribution in [0, 0.1) is 18.3 Å². The Morgan fingerprint density at radius 1 is 1.23 bits per heavy atom. The van der Waals surface area contributed by atoms with E-state index in [9.17, 15) is 14.9 Å². The van der Waals surface area contributed by atoms with E-state index in [1.807, 2.05) is 31.2 Å². The number of nitriles is 1. The molecule has 0 aliphatic carbocycles. The molecule has 1 aliphatic heterocycles. The van der Waals surface area contributed by atoms with Crippen LogP contribution in [0.5, 0.6) is 0 Å². The van der Waals surface area contributed by atoms with E-state index in [4.69, 9.17) is 5.73 Å². The number of fused-ring (bicyclic) bond motifs is 1. The number of amides is 2. The fraction of sp³-hybridized carbons (Fsp3) is 0.190. The Kier molecular flexibility index (Phi) is 4.77. The number of aromatic nitrogens is 2. The van der Waals surface area contributed by atoms with Crippen LogP contribution in [0.25, 0.3) is 21.9 Å². The van der Waals surface area contributed by atoms with Gasteiger partial charge in [-0.3, -0.25) is 14.6 Å². The van der Waals surface area contributed by atoms with Gasteiger partial charge in [0.05, 0.1) is 6.07 Å². The topological polar surface area (TPSA) is 146 Å². The van der Waals surface area contributed by atoms with Crippen molar-refractivity contribution in [2.75, 3.05) is 24.1 Å². The van der Waals surface area contributed by atoms with Crippen LogP contribution in [-0.4, -0.2) is 40.4 Å². The maximum absolute atomic E-state index is 12.3. The monoisotopic (exact) mass is 401 g/mol. The molecule has 0 radical (unpaired) electrons. The lowest BCUT2D eigenvalue weighted by atomic mass is 9.94. The number of aryl methyl sites for hydroxylation is 1. The van der Waals surface area contributed by atoms with E-state index in [2.05, 4.69) is 25.9 Å². The van der Waals surface area contributed by atoms with Crippen LogP contribution < -0.4 is 21.7 Å². The minimum absolute atomic E-state index is 0.208. The Bertz CT molecular complexity index is 1210. The summed E-state index contributed by atoms with van der Waals surface area (Å²) in [5.41, 5.74) is 8.59. The van der Waals surface area contributed by atoms with Gasteiger partial charge in [-0.2, -0.15) is 5.26 Å². The third kappa shape index (κ3) is 3.52. The van der Waals surface area contributed by atoms with E-state index >= 15 is 0 Å². The SMILES string of the molecule is Cc1ccncc1-c1cc(N)c2cnc(NC(=O)C(=O)NC3(C#N)CNC3)cc2c1. The lowest BCUT2D eigenvalue weighted by Crippen LogP contribution is -2.69. The molecule has 1 fully saturated rings. The van der Waals surface area contributed by atoms with Crippen LogP contribution in [-0.2, 0) is 9.59 Å². The quantitative estimate of drug-likeness (QED) is 0.380. The summed E-state index contributed by atoms with van der Waals surface area (Å²) >= 11 is 0. The molecule has 5 N–H and O–H groups in total. The average Bonchev–Trinajstić information content (AvgIpc) is 2.70. The van der Waals surface area contributed by atoms with Gasteiger partial charge in [0, 0.05) is 48.3 Å². The molecule has 3 aromatic rings. The number of hydrogen-bond acceptors (Lipinski definition) is 7. The second-order valence-electron chi connectivity index (χ2n) is 7.25. The lowest BCUT2D eigenvalue weighted by Gasteiger charge is -2.36. The van der Waals surface area contributed by atoms with Crippen molar-refractivity contribution >= 4 is 34.1 Å². The highest BCUT2D eigenvalue weighted by Crippen LogP contribution is 2.31. The van der Waals surface area contributed by atoms with Crippen LogP contribution in [0.2, 0.25) is 0 Å². The Morgan fingerprint density at radius 2 is 2.03 bits per heavy atom. The number of hydrogen-bond donors (Lipinski definition) is 4. The molecule has 4 rings (SSSR count). The molecule has 2 aromatic heterocycles. The normalized spacial score (nSPS) is 14.4. The first-order valence-electron chi connectivity index (χ1n) is 9.26. The van der Waals surface area contributed by atoms with E-state index in [1.54, 1.807) is 24.7 Å². The molecular weight excluding hydrogens is 382 g/mol. The summed E-state index contributed by atoms with van der Waals surface area (Å²) in [5, 5.41) is 18.5. The van der Waals surface area contributed by atoms with Crippen molar-refractivity contribution in [2.45, 2.75) is 12.5 Å². The standard InChI is InChI=1S/C21H19N7O2/c1-12-2-3-24-7-15(12)13-4-14-6-18(26-8-16(14)17(23)5-13)27-19(29)20(30)28-21(9-22)10-25-11-21/h2-8,25H,10-11,23H2,1H3,(H,28,30)(H,26,27,29). The van der Waals surface area contributed by atoms with Crippen LogP contribution in [0.15, 0.2) is 42.9 Å². The second kappa shape index (κ2) is 7.42. The zero-order valence-electron chi connectivity index (χ0n) is 16.2. The molecule has 1 aromatic carbocycles. The highest BCUT2D eigenvalue weighted by molar-refractivity contribution is 6.39. The molecule has 1 saturated heterocycles. The number of benzene rings is 1. The second-order valence-corrected chi connectivity index (χ2v) is 7.25. The third-order valence-electron chi connectivity index (χ3n) is 5.09. The molecular formula is C21H19N7O2. The first kappa shape index (κ1) is 19.3. The predicted molar refractivity (Wildman–Crippen MR) is 112 cm³/mol. The van der Waals surface area contributed by atoms with Gasteiger partial charge >= 0.3 is 11.8 Å². The number of anilines is 2. The summed E-state index contributed by atoms with van der Waals surface area (Å²) in [6.07, 6.45) is 5.04. The molecule has 2 amide bonds. The number of carbonyl (C=O) groups is 2. The van der Waals surface area contributed by atoms with Crippen LogP contribution >= 0.6 is 0 Å².